The molecule has 5 nitrogen and oxygen atoms in total. The van der Waals surface area contributed by atoms with Gasteiger partial charge >= 0.3 is 0 Å². The first kappa shape index (κ1) is 19.1. The van der Waals surface area contributed by atoms with Gasteiger partial charge in [0.15, 0.2) is 11.5 Å². The van der Waals surface area contributed by atoms with E-state index in [1.54, 1.807) is 20.4 Å². The summed E-state index contributed by atoms with van der Waals surface area (Å²) in [6.07, 6.45) is 1.39. The number of methoxy groups -OCH3 is 2. The van der Waals surface area contributed by atoms with E-state index in [-0.39, 0.29) is 0 Å². The minimum atomic E-state index is -0.410. The van der Waals surface area contributed by atoms with Gasteiger partial charge in [-0.25, -0.2) is 0 Å². The van der Waals surface area contributed by atoms with E-state index in [1.807, 2.05) is 37.3 Å². The second kappa shape index (κ2) is 8.84. The Hall–Kier alpha value is -2.63. The first-order valence-corrected chi connectivity index (χ1v) is 9.04. The SMILES string of the molecule is COc1ccc(CN(Cc2ccc3ncccc3c2)CC(C)O)cc1OC. The van der Waals surface area contributed by atoms with Gasteiger partial charge in [0.05, 0.1) is 25.8 Å². The molecule has 0 radical (unpaired) electrons. The van der Waals surface area contributed by atoms with Crippen molar-refractivity contribution in [3.8, 4) is 11.5 Å². The minimum absolute atomic E-state index is 0.410. The number of aromatic nitrogens is 1. The third kappa shape index (κ3) is 4.96. The van der Waals surface area contributed by atoms with E-state index in [4.69, 9.17) is 9.47 Å². The molecular formula is C22H26N2O3. The summed E-state index contributed by atoms with van der Waals surface area (Å²) < 4.78 is 10.7. The maximum atomic E-state index is 9.94. The van der Waals surface area contributed by atoms with Gasteiger partial charge in [0.2, 0.25) is 0 Å². The number of fused-ring (bicyclic) bond motifs is 1. The molecule has 0 bridgehead atoms. The fourth-order valence-corrected chi connectivity index (χ4v) is 3.28. The zero-order valence-corrected chi connectivity index (χ0v) is 16.1. The lowest BCUT2D eigenvalue weighted by Gasteiger charge is -2.24. The Bertz CT molecular complexity index is 896. The molecule has 0 amide bonds. The summed E-state index contributed by atoms with van der Waals surface area (Å²) in [4.78, 5) is 6.60. The molecule has 0 fully saturated rings. The molecule has 1 heterocycles. The van der Waals surface area contributed by atoms with Gasteiger partial charge in [0, 0.05) is 31.2 Å². The molecular weight excluding hydrogens is 340 g/mol. The van der Waals surface area contributed by atoms with Gasteiger partial charge in [0.25, 0.3) is 0 Å². The number of ether oxygens (including phenoxy) is 2. The number of rotatable bonds is 8. The summed E-state index contributed by atoms with van der Waals surface area (Å²) in [7, 11) is 3.27. The molecule has 0 aliphatic carbocycles. The van der Waals surface area contributed by atoms with Gasteiger partial charge in [-0.15, -0.1) is 0 Å². The lowest BCUT2D eigenvalue weighted by atomic mass is 10.1. The molecule has 5 heteroatoms. The van der Waals surface area contributed by atoms with Gasteiger partial charge in [0.1, 0.15) is 0 Å². The smallest absolute Gasteiger partial charge is 0.161 e. The average Bonchev–Trinajstić information content (AvgIpc) is 2.67. The molecule has 1 N–H and O–H groups in total. The Morgan fingerprint density at radius 2 is 1.67 bits per heavy atom. The maximum Gasteiger partial charge on any atom is 0.161 e. The molecule has 142 valence electrons. The van der Waals surface area contributed by atoms with Crippen molar-refractivity contribution in [1.29, 1.82) is 0 Å². The normalized spacial score (nSPS) is 12.3. The summed E-state index contributed by atoms with van der Waals surface area (Å²) in [5.74, 6) is 1.43. The van der Waals surface area contributed by atoms with E-state index in [1.165, 1.54) is 5.56 Å². The van der Waals surface area contributed by atoms with Crippen LogP contribution in [-0.4, -0.2) is 41.9 Å². The molecule has 0 saturated heterocycles. The van der Waals surface area contributed by atoms with Crippen LogP contribution in [0.4, 0.5) is 0 Å². The van der Waals surface area contributed by atoms with Crippen LogP contribution in [0.5, 0.6) is 11.5 Å². The van der Waals surface area contributed by atoms with Crippen molar-refractivity contribution >= 4 is 10.9 Å². The van der Waals surface area contributed by atoms with E-state index < -0.39 is 6.10 Å². The number of benzene rings is 2. The molecule has 3 rings (SSSR count). The van der Waals surface area contributed by atoms with Crippen LogP contribution < -0.4 is 9.47 Å². The first-order chi connectivity index (χ1) is 13.1. The van der Waals surface area contributed by atoms with Crippen molar-refractivity contribution in [2.45, 2.75) is 26.1 Å². The molecule has 0 spiro atoms. The number of hydrogen-bond donors (Lipinski definition) is 1. The summed E-state index contributed by atoms with van der Waals surface area (Å²) in [6, 6.07) is 16.2. The molecule has 1 atom stereocenters. The maximum absolute atomic E-state index is 9.94. The van der Waals surface area contributed by atoms with Crippen molar-refractivity contribution < 1.29 is 14.6 Å². The van der Waals surface area contributed by atoms with Crippen molar-refractivity contribution in [3.05, 3.63) is 65.9 Å². The van der Waals surface area contributed by atoms with E-state index >= 15 is 0 Å². The fraction of sp³-hybridized carbons (Fsp3) is 0.318. The predicted molar refractivity (Wildman–Crippen MR) is 107 cm³/mol. The van der Waals surface area contributed by atoms with E-state index in [9.17, 15) is 5.11 Å². The lowest BCUT2D eigenvalue weighted by molar-refractivity contribution is 0.118. The van der Waals surface area contributed by atoms with Crippen LogP contribution >= 0.6 is 0 Å². The average molecular weight is 366 g/mol. The van der Waals surface area contributed by atoms with Crippen LogP contribution in [0.2, 0.25) is 0 Å². The van der Waals surface area contributed by atoms with Crippen molar-refractivity contribution in [1.82, 2.24) is 9.88 Å². The van der Waals surface area contributed by atoms with Gasteiger partial charge in [-0.05, 0) is 48.4 Å². The van der Waals surface area contributed by atoms with Crippen LogP contribution in [0, 0.1) is 0 Å². The highest BCUT2D eigenvalue weighted by molar-refractivity contribution is 5.78. The first-order valence-electron chi connectivity index (χ1n) is 9.04. The van der Waals surface area contributed by atoms with Gasteiger partial charge in [-0.2, -0.15) is 0 Å². The number of nitrogens with zero attached hydrogens (tertiary/aromatic N) is 2. The molecule has 0 saturated carbocycles. The third-order valence-corrected chi connectivity index (χ3v) is 4.45. The highest BCUT2D eigenvalue weighted by atomic mass is 16.5. The molecule has 3 aromatic rings. The summed E-state index contributed by atoms with van der Waals surface area (Å²) in [5.41, 5.74) is 3.29. The topological polar surface area (TPSA) is 54.8 Å². The van der Waals surface area contributed by atoms with Crippen molar-refractivity contribution in [2.75, 3.05) is 20.8 Å². The minimum Gasteiger partial charge on any atom is -0.493 e. The summed E-state index contributed by atoms with van der Waals surface area (Å²) >= 11 is 0. The van der Waals surface area contributed by atoms with Gasteiger partial charge in [-0.3, -0.25) is 9.88 Å². The van der Waals surface area contributed by atoms with E-state index in [0.717, 1.165) is 23.0 Å². The quantitative estimate of drug-likeness (QED) is 0.660. The standard InChI is InChI=1S/C22H26N2O3/c1-16(25)13-24(15-18-7-9-21(26-2)22(12-18)27-3)14-17-6-8-20-19(11-17)5-4-10-23-20/h4-12,16,25H,13-15H2,1-3H3. The zero-order valence-electron chi connectivity index (χ0n) is 16.1. The Labute approximate surface area is 160 Å². The van der Waals surface area contributed by atoms with E-state index in [2.05, 4.69) is 28.1 Å². The number of aliphatic hydroxyl groups excluding tert-OH is 1. The van der Waals surface area contributed by atoms with Crippen LogP contribution in [0.3, 0.4) is 0 Å². The van der Waals surface area contributed by atoms with Crippen LogP contribution in [-0.2, 0) is 13.1 Å². The molecule has 27 heavy (non-hydrogen) atoms. The molecule has 0 aliphatic rings. The lowest BCUT2D eigenvalue weighted by Crippen LogP contribution is -2.30. The van der Waals surface area contributed by atoms with Crippen LogP contribution in [0.1, 0.15) is 18.1 Å². The van der Waals surface area contributed by atoms with Crippen LogP contribution in [0.15, 0.2) is 54.7 Å². The molecule has 1 aromatic heterocycles. The van der Waals surface area contributed by atoms with Crippen molar-refractivity contribution in [3.63, 3.8) is 0 Å². The van der Waals surface area contributed by atoms with Gasteiger partial charge < -0.3 is 14.6 Å². The number of pyridine rings is 1. The predicted octanol–water partition coefficient (Wildman–Crippen LogP) is 3.64. The zero-order chi connectivity index (χ0) is 19.2. The van der Waals surface area contributed by atoms with Gasteiger partial charge in [-0.1, -0.05) is 18.2 Å². The molecule has 1 unspecified atom stereocenters. The molecule has 0 aliphatic heterocycles. The monoisotopic (exact) mass is 366 g/mol. The third-order valence-electron chi connectivity index (χ3n) is 4.45. The Kier molecular flexibility index (Phi) is 6.27. The highest BCUT2D eigenvalue weighted by Crippen LogP contribution is 2.28. The second-order valence-corrected chi connectivity index (χ2v) is 6.74. The fourth-order valence-electron chi connectivity index (χ4n) is 3.28. The Morgan fingerprint density at radius 1 is 0.963 bits per heavy atom. The highest BCUT2D eigenvalue weighted by Gasteiger charge is 2.13. The summed E-state index contributed by atoms with van der Waals surface area (Å²) in [5, 5.41) is 11.1. The second-order valence-electron chi connectivity index (χ2n) is 6.74. The van der Waals surface area contributed by atoms with Crippen molar-refractivity contribution in [2.24, 2.45) is 0 Å². The van der Waals surface area contributed by atoms with Crippen LogP contribution in [0.25, 0.3) is 10.9 Å². The largest absolute Gasteiger partial charge is 0.493 e. The number of aliphatic hydroxyl groups is 1. The Balaban J connectivity index is 1.80. The van der Waals surface area contributed by atoms with E-state index in [0.29, 0.717) is 24.6 Å². The Morgan fingerprint density at radius 3 is 2.37 bits per heavy atom. The molecule has 2 aromatic carbocycles. The number of hydrogen-bond acceptors (Lipinski definition) is 5. The summed E-state index contributed by atoms with van der Waals surface area (Å²) in [6.45, 7) is 3.84.